The molecule has 1 N–H and O–H groups in total. The maximum Gasteiger partial charge on any atom is 0.417 e. The molecule has 0 heterocycles. The molecule has 0 bridgehead atoms. The molecule has 134 valence electrons. The summed E-state index contributed by atoms with van der Waals surface area (Å²) in [5.41, 5.74) is -1.93. The predicted molar refractivity (Wildman–Crippen MR) is 90.7 cm³/mol. The van der Waals surface area contributed by atoms with Crippen molar-refractivity contribution in [3.8, 4) is 6.07 Å². The molecule has 1 aliphatic carbocycles. The monoisotopic (exact) mass is 378 g/mol. The summed E-state index contributed by atoms with van der Waals surface area (Å²) in [6.07, 6.45) is -3.63. The van der Waals surface area contributed by atoms with Gasteiger partial charge in [-0.05, 0) is 42.7 Å². The van der Waals surface area contributed by atoms with Crippen LogP contribution in [0.1, 0.15) is 40.2 Å². The molecule has 0 saturated heterocycles. The summed E-state index contributed by atoms with van der Waals surface area (Å²) in [4.78, 5) is 12.5. The number of nitriles is 1. The molecule has 2 aromatic carbocycles. The summed E-state index contributed by atoms with van der Waals surface area (Å²) in [5.74, 6) is -1.20. The number of nitrogens with zero attached hydrogens (tertiary/aromatic N) is 1. The average molecular weight is 379 g/mol. The molecule has 1 aliphatic rings. The number of rotatable bonds is 3. The van der Waals surface area contributed by atoms with Gasteiger partial charge in [0, 0.05) is 10.9 Å². The van der Waals surface area contributed by atoms with E-state index in [0.717, 1.165) is 17.7 Å². The van der Waals surface area contributed by atoms with Crippen LogP contribution < -0.4 is 5.32 Å². The van der Waals surface area contributed by atoms with Crippen LogP contribution in [0.2, 0.25) is 5.02 Å². The highest BCUT2D eigenvalue weighted by molar-refractivity contribution is 6.30. The van der Waals surface area contributed by atoms with Crippen LogP contribution in [0.3, 0.4) is 0 Å². The zero-order chi connectivity index (χ0) is 18.9. The van der Waals surface area contributed by atoms with Gasteiger partial charge >= 0.3 is 6.18 Å². The van der Waals surface area contributed by atoms with Crippen LogP contribution in [0, 0.1) is 11.3 Å². The largest absolute Gasteiger partial charge is 0.417 e. The minimum absolute atomic E-state index is 0.299. The average Bonchev–Trinajstić information content (AvgIpc) is 2.59. The van der Waals surface area contributed by atoms with E-state index < -0.39 is 28.7 Å². The van der Waals surface area contributed by atoms with Gasteiger partial charge in [-0.15, -0.1) is 0 Å². The molecular formula is C19H14ClF3N2O. The minimum Gasteiger partial charge on any atom is -0.333 e. The van der Waals surface area contributed by atoms with E-state index in [2.05, 4.69) is 11.4 Å². The van der Waals surface area contributed by atoms with Crippen molar-refractivity contribution in [1.29, 1.82) is 5.26 Å². The minimum atomic E-state index is -4.65. The van der Waals surface area contributed by atoms with E-state index >= 15 is 0 Å². The van der Waals surface area contributed by atoms with Gasteiger partial charge in [0.15, 0.2) is 0 Å². The van der Waals surface area contributed by atoms with E-state index in [1.807, 2.05) is 0 Å². The van der Waals surface area contributed by atoms with Crippen molar-refractivity contribution in [1.82, 2.24) is 5.32 Å². The number of hydrogen-bond acceptors (Lipinski definition) is 2. The van der Waals surface area contributed by atoms with E-state index in [9.17, 15) is 23.2 Å². The fourth-order valence-electron chi connectivity index (χ4n) is 3.23. The standard InChI is InChI=1S/C19H14ClF3N2O/c20-13-7-5-12(6-8-13)15-9-10-18(15,11-24)25-17(26)14-3-1-2-4-16(14)19(21,22)23/h1-8,15H,9-10H2,(H,25,26)/t15-,18-/m1/s1. The third-order valence-corrected chi connectivity index (χ3v) is 4.96. The summed E-state index contributed by atoms with van der Waals surface area (Å²) >= 11 is 5.87. The number of carbonyl (C=O) groups excluding carboxylic acids is 1. The molecule has 1 fully saturated rings. The first kappa shape index (κ1) is 18.3. The van der Waals surface area contributed by atoms with Crippen molar-refractivity contribution >= 4 is 17.5 Å². The molecule has 0 radical (unpaired) electrons. The zero-order valence-electron chi connectivity index (χ0n) is 13.5. The Morgan fingerprint density at radius 3 is 2.38 bits per heavy atom. The molecule has 2 atom stereocenters. The Kier molecular flexibility index (Phi) is 4.68. The Morgan fingerprint density at radius 1 is 1.19 bits per heavy atom. The Balaban J connectivity index is 1.89. The number of hydrogen-bond donors (Lipinski definition) is 1. The number of carbonyl (C=O) groups is 1. The molecule has 26 heavy (non-hydrogen) atoms. The molecule has 1 amide bonds. The van der Waals surface area contributed by atoms with E-state index in [0.29, 0.717) is 17.9 Å². The SMILES string of the molecule is N#C[C@]1(NC(=O)c2ccccc2C(F)(F)F)CC[C@@H]1c1ccc(Cl)cc1. The molecule has 2 aromatic rings. The first-order chi connectivity index (χ1) is 12.3. The van der Waals surface area contributed by atoms with Gasteiger partial charge in [0.1, 0.15) is 5.54 Å². The van der Waals surface area contributed by atoms with Crippen molar-refractivity contribution in [2.45, 2.75) is 30.5 Å². The zero-order valence-corrected chi connectivity index (χ0v) is 14.2. The lowest BCUT2D eigenvalue weighted by Crippen LogP contribution is -2.57. The predicted octanol–water partition coefficient (Wildman–Crippen LogP) is 4.93. The fraction of sp³-hybridized carbons (Fsp3) is 0.263. The van der Waals surface area contributed by atoms with Crippen LogP contribution in [0.4, 0.5) is 13.2 Å². The normalized spacial score (nSPS) is 22.2. The van der Waals surface area contributed by atoms with Crippen LogP contribution in [-0.2, 0) is 6.18 Å². The summed E-state index contributed by atoms with van der Waals surface area (Å²) in [6, 6.07) is 13.5. The summed E-state index contributed by atoms with van der Waals surface area (Å²) in [6.45, 7) is 0. The molecular weight excluding hydrogens is 365 g/mol. The number of nitrogens with one attached hydrogen (secondary N) is 1. The summed E-state index contributed by atoms with van der Waals surface area (Å²) in [7, 11) is 0. The molecule has 3 rings (SSSR count). The molecule has 0 aromatic heterocycles. The summed E-state index contributed by atoms with van der Waals surface area (Å²) in [5, 5.41) is 12.7. The van der Waals surface area contributed by atoms with Crippen LogP contribution in [-0.4, -0.2) is 11.4 Å². The maximum atomic E-state index is 13.1. The number of benzene rings is 2. The van der Waals surface area contributed by atoms with Gasteiger partial charge in [0.05, 0.1) is 17.2 Å². The highest BCUT2D eigenvalue weighted by atomic mass is 35.5. The lowest BCUT2D eigenvalue weighted by molar-refractivity contribution is -0.138. The second-order valence-electron chi connectivity index (χ2n) is 6.22. The highest BCUT2D eigenvalue weighted by Gasteiger charge is 2.50. The van der Waals surface area contributed by atoms with Gasteiger partial charge in [-0.3, -0.25) is 4.79 Å². The van der Waals surface area contributed by atoms with Gasteiger partial charge in [0.2, 0.25) is 0 Å². The smallest absolute Gasteiger partial charge is 0.333 e. The van der Waals surface area contributed by atoms with Crippen molar-refractivity contribution in [2.24, 2.45) is 0 Å². The third-order valence-electron chi connectivity index (χ3n) is 4.71. The lowest BCUT2D eigenvalue weighted by atomic mass is 9.64. The van der Waals surface area contributed by atoms with Gasteiger partial charge in [-0.1, -0.05) is 35.9 Å². The van der Waals surface area contributed by atoms with E-state index in [1.165, 1.54) is 12.1 Å². The van der Waals surface area contributed by atoms with Crippen LogP contribution >= 0.6 is 11.6 Å². The van der Waals surface area contributed by atoms with Crippen LogP contribution in [0.5, 0.6) is 0 Å². The van der Waals surface area contributed by atoms with Crippen molar-refractivity contribution < 1.29 is 18.0 Å². The lowest BCUT2D eigenvalue weighted by Gasteiger charge is -2.45. The third kappa shape index (κ3) is 3.27. The first-order valence-corrected chi connectivity index (χ1v) is 8.30. The van der Waals surface area contributed by atoms with E-state index in [4.69, 9.17) is 11.6 Å². The van der Waals surface area contributed by atoms with Gasteiger partial charge < -0.3 is 5.32 Å². The molecule has 3 nitrogen and oxygen atoms in total. The molecule has 7 heteroatoms. The Labute approximate surface area is 153 Å². The second kappa shape index (κ2) is 6.65. The number of amides is 1. The molecule has 1 saturated carbocycles. The molecule has 0 aliphatic heterocycles. The second-order valence-corrected chi connectivity index (χ2v) is 6.66. The number of alkyl halides is 3. The van der Waals surface area contributed by atoms with Crippen LogP contribution in [0.15, 0.2) is 48.5 Å². The van der Waals surface area contributed by atoms with Crippen LogP contribution in [0.25, 0.3) is 0 Å². The van der Waals surface area contributed by atoms with Crippen molar-refractivity contribution in [3.63, 3.8) is 0 Å². The Bertz CT molecular complexity index is 874. The molecule has 0 unspecified atom stereocenters. The fourth-order valence-corrected chi connectivity index (χ4v) is 3.36. The Hall–Kier alpha value is -2.52. The summed E-state index contributed by atoms with van der Waals surface area (Å²) < 4.78 is 39.4. The van der Waals surface area contributed by atoms with E-state index in [-0.39, 0.29) is 5.92 Å². The van der Waals surface area contributed by atoms with Gasteiger partial charge in [-0.25, -0.2) is 0 Å². The van der Waals surface area contributed by atoms with Crippen molar-refractivity contribution in [2.75, 3.05) is 0 Å². The highest BCUT2D eigenvalue weighted by Crippen LogP contribution is 2.46. The first-order valence-electron chi connectivity index (χ1n) is 7.92. The maximum absolute atomic E-state index is 13.1. The van der Waals surface area contributed by atoms with Crippen molar-refractivity contribution in [3.05, 3.63) is 70.2 Å². The van der Waals surface area contributed by atoms with Gasteiger partial charge in [0.25, 0.3) is 5.91 Å². The number of halogens is 4. The quantitative estimate of drug-likeness (QED) is 0.823. The molecule has 0 spiro atoms. The van der Waals surface area contributed by atoms with E-state index in [1.54, 1.807) is 24.3 Å². The Morgan fingerprint density at radius 2 is 1.85 bits per heavy atom. The topological polar surface area (TPSA) is 52.9 Å². The van der Waals surface area contributed by atoms with Gasteiger partial charge in [-0.2, -0.15) is 18.4 Å².